The van der Waals surface area contributed by atoms with E-state index in [1.165, 1.54) is 24.0 Å². The third-order valence-corrected chi connectivity index (χ3v) is 4.63. The molecular formula is C13H23IN4O2S. The average molecular weight is 426 g/mol. The molecule has 21 heavy (non-hydrogen) atoms. The van der Waals surface area contributed by atoms with Gasteiger partial charge in [-0.25, -0.2) is 12.7 Å². The molecule has 0 amide bonds. The van der Waals surface area contributed by atoms with E-state index in [4.69, 9.17) is 5.73 Å². The molecule has 6 nitrogen and oxygen atoms in total. The summed E-state index contributed by atoms with van der Waals surface area (Å²) in [6.45, 7) is 2.22. The summed E-state index contributed by atoms with van der Waals surface area (Å²) in [6.07, 6.45) is 0.978. The van der Waals surface area contributed by atoms with Crippen molar-refractivity contribution >= 4 is 45.6 Å². The zero-order chi connectivity index (χ0) is 15.2. The van der Waals surface area contributed by atoms with Crippen LogP contribution in [0.5, 0.6) is 0 Å². The Balaban J connectivity index is 0.00000400. The molecule has 0 aromatic heterocycles. The maximum atomic E-state index is 11.5. The zero-order valence-electron chi connectivity index (χ0n) is 12.5. The fourth-order valence-corrected chi connectivity index (χ4v) is 2.16. The van der Waals surface area contributed by atoms with Gasteiger partial charge in [-0.15, -0.1) is 24.0 Å². The van der Waals surface area contributed by atoms with Gasteiger partial charge in [0.15, 0.2) is 5.96 Å². The van der Waals surface area contributed by atoms with E-state index in [9.17, 15) is 8.42 Å². The second-order valence-corrected chi connectivity index (χ2v) is 6.84. The number of rotatable bonds is 6. The number of guanidine groups is 1. The smallest absolute Gasteiger partial charge is 0.215 e. The molecule has 0 aliphatic carbocycles. The summed E-state index contributed by atoms with van der Waals surface area (Å²) in [5.41, 5.74) is 7.78. The second kappa shape index (κ2) is 9.21. The topological polar surface area (TPSA) is 87.8 Å². The number of nitrogens with two attached hydrogens (primary N) is 1. The van der Waals surface area contributed by atoms with E-state index in [0.29, 0.717) is 0 Å². The van der Waals surface area contributed by atoms with Gasteiger partial charge in [-0.1, -0.05) is 19.1 Å². The van der Waals surface area contributed by atoms with Gasteiger partial charge in [0.25, 0.3) is 0 Å². The second-order valence-electron chi connectivity index (χ2n) is 4.54. The summed E-state index contributed by atoms with van der Waals surface area (Å²) in [6, 6.07) is 7.84. The van der Waals surface area contributed by atoms with Gasteiger partial charge in [-0.05, 0) is 24.1 Å². The lowest BCUT2D eigenvalue weighted by Crippen LogP contribution is -2.28. The number of aryl methyl sites for hydroxylation is 1. The van der Waals surface area contributed by atoms with Crippen molar-refractivity contribution in [3.05, 3.63) is 29.8 Å². The number of hydrogen-bond acceptors (Lipinski definition) is 3. The zero-order valence-corrected chi connectivity index (χ0v) is 15.7. The molecule has 0 unspecified atom stereocenters. The first-order valence-electron chi connectivity index (χ1n) is 6.41. The first-order valence-corrected chi connectivity index (χ1v) is 8.02. The van der Waals surface area contributed by atoms with Gasteiger partial charge in [-0.3, -0.25) is 4.99 Å². The maximum Gasteiger partial charge on any atom is 0.215 e. The fraction of sp³-hybridized carbons (Fsp3) is 0.462. The normalized spacial score (nSPS) is 12.1. The monoisotopic (exact) mass is 426 g/mol. The first-order chi connectivity index (χ1) is 9.35. The molecule has 0 saturated heterocycles. The summed E-state index contributed by atoms with van der Waals surface area (Å²) in [7, 11) is -0.241. The number of benzene rings is 1. The molecule has 0 saturated carbocycles. The summed E-state index contributed by atoms with van der Waals surface area (Å²) in [5.74, 6) is 0.153. The van der Waals surface area contributed by atoms with Crippen LogP contribution >= 0.6 is 24.0 Å². The van der Waals surface area contributed by atoms with Crippen LogP contribution in [-0.4, -0.2) is 45.1 Å². The molecule has 3 N–H and O–H groups in total. The summed E-state index contributed by atoms with van der Waals surface area (Å²) in [5, 5.41) is 2.93. The molecule has 1 rings (SSSR count). The maximum absolute atomic E-state index is 11.5. The average Bonchev–Trinajstić information content (AvgIpc) is 2.39. The van der Waals surface area contributed by atoms with Crippen molar-refractivity contribution in [3.8, 4) is 0 Å². The van der Waals surface area contributed by atoms with Crippen LogP contribution in [-0.2, 0) is 16.4 Å². The van der Waals surface area contributed by atoms with E-state index in [-0.39, 0.29) is 42.2 Å². The van der Waals surface area contributed by atoms with Crippen LogP contribution in [0.1, 0.15) is 12.5 Å². The van der Waals surface area contributed by atoms with Gasteiger partial charge in [0.1, 0.15) is 0 Å². The standard InChI is InChI=1S/C13H22N4O2S.HI/c1-4-11-5-7-12(8-6-11)16-13(14)15-9-10-20(18,19)17(2)3;/h5-8H,4,9-10H2,1-3H3,(H3,14,15,16);1H. The molecule has 1 aromatic carbocycles. The first kappa shape index (κ1) is 20.1. The predicted octanol–water partition coefficient (Wildman–Crippen LogP) is 1.49. The molecule has 0 heterocycles. The Labute approximate surface area is 143 Å². The van der Waals surface area contributed by atoms with E-state index in [2.05, 4.69) is 17.2 Å². The lowest BCUT2D eigenvalue weighted by molar-refractivity contribution is 0.521. The molecule has 0 aliphatic rings. The van der Waals surface area contributed by atoms with Crippen LogP contribution in [0.2, 0.25) is 0 Å². The lowest BCUT2D eigenvalue weighted by atomic mass is 10.1. The molecule has 1 aromatic rings. The Morgan fingerprint density at radius 2 is 1.86 bits per heavy atom. The SMILES string of the molecule is CCc1ccc(NC(N)=NCCS(=O)(=O)N(C)C)cc1.I. The number of hydrogen-bond donors (Lipinski definition) is 2. The minimum absolute atomic E-state index is 0. The largest absolute Gasteiger partial charge is 0.370 e. The van der Waals surface area contributed by atoms with E-state index in [1.807, 2.05) is 24.3 Å². The number of nitrogens with one attached hydrogen (secondary N) is 1. The van der Waals surface area contributed by atoms with Crippen molar-refractivity contribution in [2.75, 3.05) is 31.7 Å². The highest BCUT2D eigenvalue weighted by atomic mass is 127. The van der Waals surface area contributed by atoms with Gasteiger partial charge in [0.05, 0.1) is 12.3 Å². The highest BCUT2D eigenvalue weighted by molar-refractivity contribution is 14.0. The number of halogens is 1. The van der Waals surface area contributed by atoms with E-state index in [0.717, 1.165) is 12.1 Å². The van der Waals surface area contributed by atoms with Gasteiger partial charge in [-0.2, -0.15) is 0 Å². The molecular weight excluding hydrogens is 403 g/mol. The van der Waals surface area contributed by atoms with Crippen LogP contribution in [0.3, 0.4) is 0 Å². The molecule has 120 valence electrons. The van der Waals surface area contributed by atoms with E-state index >= 15 is 0 Å². The third-order valence-electron chi connectivity index (χ3n) is 2.82. The Bertz CT molecular complexity index is 556. The molecule has 0 spiro atoms. The summed E-state index contributed by atoms with van der Waals surface area (Å²) < 4.78 is 24.2. The highest BCUT2D eigenvalue weighted by Gasteiger charge is 2.12. The minimum Gasteiger partial charge on any atom is -0.370 e. The molecule has 0 fully saturated rings. The molecule has 0 aliphatic heterocycles. The van der Waals surface area contributed by atoms with E-state index < -0.39 is 10.0 Å². The summed E-state index contributed by atoms with van der Waals surface area (Å²) in [4.78, 5) is 4.01. The van der Waals surface area contributed by atoms with Crippen molar-refractivity contribution in [1.29, 1.82) is 0 Å². The molecule has 0 atom stereocenters. The van der Waals surface area contributed by atoms with Crippen LogP contribution in [0.4, 0.5) is 5.69 Å². The molecule has 0 bridgehead atoms. The van der Waals surface area contributed by atoms with E-state index in [1.54, 1.807) is 0 Å². The quantitative estimate of drug-likeness (QED) is 0.410. The van der Waals surface area contributed by atoms with Crippen molar-refractivity contribution in [1.82, 2.24) is 4.31 Å². The number of anilines is 1. The van der Waals surface area contributed by atoms with Crippen molar-refractivity contribution in [2.45, 2.75) is 13.3 Å². The Hall–Kier alpha value is -0.870. The van der Waals surface area contributed by atoms with Crippen molar-refractivity contribution < 1.29 is 8.42 Å². The van der Waals surface area contributed by atoms with Crippen LogP contribution in [0.15, 0.2) is 29.3 Å². The minimum atomic E-state index is -3.23. The highest BCUT2D eigenvalue weighted by Crippen LogP contribution is 2.09. The third kappa shape index (κ3) is 7.09. The number of aliphatic imine (C=N–C) groups is 1. The van der Waals surface area contributed by atoms with Gasteiger partial charge in [0.2, 0.25) is 10.0 Å². The van der Waals surface area contributed by atoms with Gasteiger partial charge >= 0.3 is 0 Å². The Morgan fingerprint density at radius 3 is 2.33 bits per heavy atom. The number of nitrogens with zero attached hydrogens (tertiary/aromatic N) is 2. The van der Waals surface area contributed by atoms with Crippen LogP contribution in [0, 0.1) is 0 Å². The predicted molar refractivity (Wildman–Crippen MR) is 98.8 cm³/mol. The van der Waals surface area contributed by atoms with Crippen molar-refractivity contribution in [3.63, 3.8) is 0 Å². The fourth-order valence-electron chi connectivity index (χ4n) is 1.48. The lowest BCUT2D eigenvalue weighted by Gasteiger charge is -2.10. The molecule has 0 radical (unpaired) electrons. The van der Waals surface area contributed by atoms with Gasteiger partial charge < -0.3 is 11.1 Å². The summed E-state index contributed by atoms with van der Waals surface area (Å²) >= 11 is 0. The molecule has 8 heteroatoms. The Kier molecular flexibility index (Phi) is 8.83. The number of sulfonamides is 1. The van der Waals surface area contributed by atoms with Crippen LogP contribution in [0.25, 0.3) is 0 Å². The Morgan fingerprint density at radius 1 is 1.29 bits per heavy atom. The van der Waals surface area contributed by atoms with Crippen molar-refractivity contribution in [2.24, 2.45) is 10.7 Å². The van der Waals surface area contributed by atoms with Gasteiger partial charge in [0, 0.05) is 19.8 Å². The van der Waals surface area contributed by atoms with Crippen LogP contribution < -0.4 is 11.1 Å².